The SMILES string of the molecule is CCC(C)c1ccc(C(NC(=O)Cc2csc(-c3cccnc3)n2)C(C)C)cc1. The number of nitrogens with zero attached hydrogens (tertiary/aromatic N) is 2. The summed E-state index contributed by atoms with van der Waals surface area (Å²) in [5, 5.41) is 6.05. The maximum Gasteiger partial charge on any atom is 0.226 e. The summed E-state index contributed by atoms with van der Waals surface area (Å²) >= 11 is 1.54. The third kappa shape index (κ3) is 5.51. The standard InChI is InChI=1S/C24H29N3OS/c1-5-17(4)18-8-10-19(11-9-18)23(16(2)3)27-22(28)13-21-15-29-24(26-21)20-7-6-12-25-14-20/h6-12,14-17,23H,5,13H2,1-4H3,(H,27,28). The van der Waals surface area contributed by atoms with Crippen molar-refractivity contribution >= 4 is 17.2 Å². The van der Waals surface area contributed by atoms with Crippen molar-refractivity contribution in [1.82, 2.24) is 15.3 Å². The van der Waals surface area contributed by atoms with Crippen LogP contribution in [0.2, 0.25) is 0 Å². The molecule has 2 atom stereocenters. The molecular formula is C24H29N3OS. The number of hydrogen-bond donors (Lipinski definition) is 1. The second-order valence-electron chi connectivity index (χ2n) is 7.83. The third-order valence-corrected chi connectivity index (χ3v) is 6.20. The first-order chi connectivity index (χ1) is 14.0. The van der Waals surface area contributed by atoms with E-state index in [4.69, 9.17) is 0 Å². The Bertz CT molecular complexity index is 919. The van der Waals surface area contributed by atoms with Crippen LogP contribution in [0.5, 0.6) is 0 Å². The maximum atomic E-state index is 12.7. The molecule has 2 heterocycles. The number of nitrogens with one attached hydrogen (secondary N) is 1. The highest BCUT2D eigenvalue weighted by atomic mass is 32.1. The van der Waals surface area contributed by atoms with Crippen molar-refractivity contribution < 1.29 is 4.79 Å². The molecule has 29 heavy (non-hydrogen) atoms. The van der Waals surface area contributed by atoms with Crippen LogP contribution in [-0.4, -0.2) is 15.9 Å². The first-order valence-corrected chi connectivity index (χ1v) is 11.1. The zero-order valence-corrected chi connectivity index (χ0v) is 18.4. The first kappa shape index (κ1) is 21.2. The van der Waals surface area contributed by atoms with Crippen molar-refractivity contribution in [1.29, 1.82) is 0 Å². The van der Waals surface area contributed by atoms with Gasteiger partial charge in [0.25, 0.3) is 0 Å². The summed E-state index contributed by atoms with van der Waals surface area (Å²) in [5.41, 5.74) is 4.26. The quantitative estimate of drug-likeness (QED) is 0.515. The lowest BCUT2D eigenvalue weighted by Crippen LogP contribution is -2.32. The Balaban J connectivity index is 1.66. The minimum Gasteiger partial charge on any atom is -0.349 e. The highest BCUT2D eigenvalue weighted by Crippen LogP contribution is 2.26. The van der Waals surface area contributed by atoms with E-state index in [0.29, 0.717) is 11.8 Å². The maximum absolute atomic E-state index is 12.7. The zero-order chi connectivity index (χ0) is 20.8. The number of aromatic nitrogens is 2. The van der Waals surface area contributed by atoms with Gasteiger partial charge in [0.1, 0.15) is 5.01 Å². The van der Waals surface area contributed by atoms with E-state index in [1.165, 1.54) is 5.56 Å². The average Bonchev–Trinajstić information content (AvgIpc) is 3.20. The Hall–Kier alpha value is -2.53. The van der Waals surface area contributed by atoms with E-state index in [0.717, 1.165) is 28.2 Å². The molecule has 0 bridgehead atoms. The minimum atomic E-state index is -0.00934. The van der Waals surface area contributed by atoms with Gasteiger partial charge < -0.3 is 5.32 Å². The van der Waals surface area contributed by atoms with Crippen LogP contribution in [0.15, 0.2) is 54.2 Å². The Morgan fingerprint density at radius 1 is 1.10 bits per heavy atom. The van der Waals surface area contributed by atoms with Gasteiger partial charge >= 0.3 is 0 Å². The molecule has 1 amide bonds. The summed E-state index contributed by atoms with van der Waals surface area (Å²) in [6.07, 6.45) is 4.94. The second kappa shape index (κ2) is 9.79. The van der Waals surface area contributed by atoms with Crippen LogP contribution in [0, 0.1) is 5.92 Å². The van der Waals surface area contributed by atoms with Crippen molar-refractivity contribution in [2.24, 2.45) is 5.92 Å². The van der Waals surface area contributed by atoms with Crippen LogP contribution >= 0.6 is 11.3 Å². The van der Waals surface area contributed by atoms with Crippen molar-refractivity contribution in [3.05, 3.63) is 71.0 Å². The van der Waals surface area contributed by atoms with E-state index >= 15 is 0 Å². The Labute approximate surface area is 177 Å². The molecular weight excluding hydrogens is 378 g/mol. The fourth-order valence-electron chi connectivity index (χ4n) is 3.30. The van der Waals surface area contributed by atoms with Crippen LogP contribution in [0.4, 0.5) is 0 Å². The van der Waals surface area contributed by atoms with E-state index in [2.05, 4.69) is 67.2 Å². The van der Waals surface area contributed by atoms with Crippen molar-refractivity contribution in [3.8, 4) is 10.6 Å². The molecule has 0 fully saturated rings. The first-order valence-electron chi connectivity index (χ1n) is 10.2. The number of carbonyl (C=O) groups excluding carboxylic acids is 1. The largest absolute Gasteiger partial charge is 0.349 e. The fraction of sp³-hybridized carbons (Fsp3) is 0.375. The lowest BCUT2D eigenvalue weighted by Gasteiger charge is -2.23. The number of benzene rings is 1. The zero-order valence-electron chi connectivity index (χ0n) is 17.6. The molecule has 2 unspecified atom stereocenters. The molecule has 152 valence electrons. The number of rotatable bonds is 8. The van der Waals surface area contributed by atoms with Gasteiger partial charge in [0.15, 0.2) is 0 Å². The molecule has 3 aromatic rings. The lowest BCUT2D eigenvalue weighted by molar-refractivity contribution is -0.121. The predicted molar refractivity (Wildman–Crippen MR) is 120 cm³/mol. The molecule has 0 radical (unpaired) electrons. The van der Waals surface area contributed by atoms with Gasteiger partial charge in [-0.15, -0.1) is 11.3 Å². The monoisotopic (exact) mass is 407 g/mol. The molecule has 0 aliphatic heterocycles. The molecule has 2 aromatic heterocycles. The topological polar surface area (TPSA) is 54.9 Å². The lowest BCUT2D eigenvalue weighted by atomic mass is 9.92. The summed E-state index contributed by atoms with van der Waals surface area (Å²) < 4.78 is 0. The van der Waals surface area contributed by atoms with Crippen LogP contribution < -0.4 is 5.32 Å². The average molecular weight is 408 g/mol. The van der Waals surface area contributed by atoms with Gasteiger partial charge in [-0.3, -0.25) is 9.78 Å². The molecule has 4 nitrogen and oxygen atoms in total. The molecule has 0 saturated carbocycles. The van der Waals surface area contributed by atoms with Gasteiger partial charge in [-0.2, -0.15) is 0 Å². The highest BCUT2D eigenvalue weighted by molar-refractivity contribution is 7.13. The molecule has 1 aromatic carbocycles. The number of pyridine rings is 1. The second-order valence-corrected chi connectivity index (χ2v) is 8.69. The van der Waals surface area contributed by atoms with Crippen LogP contribution in [0.25, 0.3) is 10.6 Å². The van der Waals surface area contributed by atoms with Crippen molar-refractivity contribution in [2.45, 2.75) is 52.5 Å². The summed E-state index contributed by atoms with van der Waals surface area (Å²) in [4.78, 5) is 21.4. The number of hydrogen-bond acceptors (Lipinski definition) is 4. The Kier molecular flexibility index (Phi) is 7.15. The van der Waals surface area contributed by atoms with E-state index in [-0.39, 0.29) is 18.4 Å². The van der Waals surface area contributed by atoms with Gasteiger partial charge in [0.2, 0.25) is 5.91 Å². The third-order valence-electron chi connectivity index (χ3n) is 5.26. The minimum absolute atomic E-state index is 0.00209. The molecule has 0 aliphatic carbocycles. The number of carbonyl (C=O) groups is 1. The summed E-state index contributed by atoms with van der Waals surface area (Å²) in [7, 11) is 0. The molecule has 5 heteroatoms. The van der Waals surface area contributed by atoms with Gasteiger partial charge in [0, 0.05) is 23.3 Å². The number of thiazole rings is 1. The molecule has 1 N–H and O–H groups in total. The predicted octanol–water partition coefficient (Wildman–Crippen LogP) is 5.77. The van der Waals surface area contributed by atoms with Crippen LogP contribution in [0.3, 0.4) is 0 Å². The van der Waals surface area contributed by atoms with E-state index < -0.39 is 0 Å². The molecule has 0 saturated heterocycles. The van der Waals surface area contributed by atoms with Crippen molar-refractivity contribution in [2.75, 3.05) is 0 Å². The van der Waals surface area contributed by atoms with Crippen molar-refractivity contribution in [3.63, 3.8) is 0 Å². The molecule has 3 rings (SSSR count). The normalized spacial score (nSPS) is 13.3. The Morgan fingerprint density at radius 2 is 1.83 bits per heavy atom. The van der Waals surface area contributed by atoms with Gasteiger partial charge in [0.05, 0.1) is 18.2 Å². The number of amides is 1. The van der Waals surface area contributed by atoms with E-state index in [1.54, 1.807) is 23.7 Å². The van der Waals surface area contributed by atoms with Gasteiger partial charge in [-0.25, -0.2) is 4.98 Å². The highest BCUT2D eigenvalue weighted by Gasteiger charge is 2.19. The summed E-state index contributed by atoms with van der Waals surface area (Å²) in [5.74, 6) is 0.849. The van der Waals surface area contributed by atoms with Gasteiger partial charge in [-0.1, -0.05) is 52.0 Å². The van der Waals surface area contributed by atoms with Gasteiger partial charge in [-0.05, 0) is 41.5 Å². The molecule has 0 spiro atoms. The van der Waals surface area contributed by atoms with E-state index in [1.807, 2.05) is 17.5 Å². The smallest absolute Gasteiger partial charge is 0.226 e. The summed E-state index contributed by atoms with van der Waals surface area (Å²) in [6, 6.07) is 12.5. The Morgan fingerprint density at radius 3 is 2.45 bits per heavy atom. The van der Waals surface area contributed by atoms with Crippen LogP contribution in [-0.2, 0) is 11.2 Å². The molecule has 0 aliphatic rings. The fourth-order valence-corrected chi connectivity index (χ4v) is 4.11. The van der Waals surface area contributed by atoms with Crippen LogP contribution in [0.1, 0.15) is 62.9 Å². The van der Waals surface area contributed by atoms with E-state index in [9.17, 15) is 4.79 Å². The summed E-state index contributed by atoms with van der Waals surface area (Å²) in [6.45, 7) is 8.71.